The van der Waals surface area contributed by atoms with Gasteiger partial charge in [-0.3, -0.25) is 4.79 Å². The predicted molar refractivity (Wildman–Crippen MR) is 103 cm³/mol. The summed E-state index contributed by atoms with van der Waals surface area (Å²) < 4.78 is 11.0. The van der Waals surface area contributed by atoms with E-state index in [4.69, 9.17) is 9.47 Å². The van der Waals surface area contributed by atoms with Crippen molar-refractivity contribution in [3.05, 3.63) is 89.5 Å². The minimum Gasteiger partial charge on any atom is -0.496 e. The number of nitrogens with one attached hydrogen (secondary N) is 1. The number of anilines is 1. The van der Waals surface area contributed by atoms with Crippen LogP contribution in [0.2, 0.25) is 0 Å². The molecule has 0 aliphatic carbocycles. The topological polar surface area (TPSA) is 47.6 Å². The Balaban J connectivity index is 1.60. The van der Waals surface area contributed by atoms with Gasteiger partial charge in [-0.05, 0) is 60.5 Å². The standard InChI is InChI=1S/C22H21NO3/c1-16-14-18(8-13-21(16)25-2)22(24)23-19-9-11-20(12-10-19)26-15-17-6-4-3-5-7-17/h3-14H,15H2,1-2H3,(H,23,24). The van der Waals surface area contributed by atoms with Crippen molar-refractivity contribution in [2.75, 3.05) is 12.4 Å². The Morgan fingerprint density at radius 2 is 1.69 bits per heavy atom. The molecule has 0 atom stereocenters. The molecule has 0 fully saturated rings. The molecule has 1 amide bonds. The summed E-state index contributed by atoms with van der Waals surface area (Å²) in [7, 11) is 1.61. The van der Waals surface area contributed by atoms with Crippen LogP contribution in [0.1, 0.15) is 21.5 Å². The van der Waals surface area contributed by atoms with E-state index in [-0.39, 0.29) is 5.91 Å². The first-order valence-electron chi connectivity index (χ1n) is 8.38. The second-order valence-corrected chi connectivity index (χ2v) is 5.94. The zero-order chi connectivity index (χ0) is 18.4. The zero-order valence-corrected chi connectivity index (χ0v) is 14.9. The minimum absolute atomic E-state index is 0.159. The Hall–Kier alpha value is -3.27. The van der Waals surface area contributed by atoms with Crippen LogP contribution in [0.15, 0.2) is 72.8 Å². The fourth-order valence-corrected chi connectivity index (χ4v) is 2.60. The highest BCUT2D eigenvalue weighted by molar-refractivity contribution is 6.04. The van der Waals surface area contributed by atoms with Gasteiger partial charge in [0.05, 0.1) is 7.11 Å². The van der Waals surface area contributed by atoms with Crippen LogP contribution in [0.3, 0.4) is 0 Å². The second kappa shape index (κ2) is 8.21. The second-order valence-electron chi connectivity index (χ2n) is 5.94. The molecule has 0 radical (unpaired) electrons. The van der Waals surface area contributed by atoms with E-state index in [1.807, 2.05) is 67.6 Å². The molecule has 3 rings (SSSR count). The molecule has 0 aliphatic heterocycles. The highest BCUT2D eigenvalue weighted by Crippen LogP contribution is 2.21. The Morgan fingerprint density at radius 3 is 2.35 bits per heavy atom. The third-order valence-electron chi connectivity index (χ3n) is 4.02. The molecular formula is C22H21NO3. The van der Waals surface area contributed by atoms with Gasteiger partial charge in [0.25, 0.3) is 5.91 Å². The molecule has 0 heterocycles. The summed E-state index contributed by atoms with van der Waals surface area (Å²) in [5, 5.41) is 2.89. The van der Waals surface area contributed by atoms with E-state index in [0.717, 1.165) is 28.3 Å². The summed E-state index contributed by atoms with van der Waals surface area (Å²) in [5.74, 6) is 1.36. The predicted octanol–water partition coefficient (Wildman–Crippen LogP) is 4.83. The molecule has 0 bridgehead atoms. The first-order chi connectivity index (χ1) is 12.7. The smallest absolute Gasteiger partial charge is 0.255 e. The van der Waals surface area contributed by atoms with Crippen molar-refractivity contribution in [1.29, 1.82) is 0 Å². The molecule has 4 heteroatoms. The number of hydrogen-bond donors (Lipinski definition) is 1. The van der Waals surface area contributed by atoms with E-state index in [0.29, 0.717) is 12.2 Å². The van der Waals surface area contributed by atoms with Crippen LogP contribution in [0, 0.1) is 6.92 Å². The van der Waals surface area contributed by atoms with Crippen molar-refractivity contribution in [2.45, 2.75) is 13.5 Å². The lowest BCUT2D eigenvalue weighted by Crippen LogP contribution is -2.12. The minimum atomic E-state index is -0.159. The average Bonchev–Trinajstić information content (AvgIpc) is 2.68. The first kappa shape index (κ1) is 17.5. The monoisotopic (exact) mass is 347 g/mol. The summed E-state index contributed by atoms with van der Waals surface area (Å²) in [6.45, 7) is 2.42. The lowest BCUT2D eigenvalue weighted by Gasteiger charge is -2.10. The fraction of sp³-hybridized carbons (Fsp3) is 0.136. The average molecular weight is 347 g/mol. The van der Waals surface area contributed by atoms with Crippen LogP contribution in [-0.4, -0.2) is 13.0 Å². The Morgan fingerprint density at radius 1 is 0.962 bits per heavy atom. The van der Waals surface area contributed by atoms with E-state index < -0.39 is 0 Å². The Labute approximate surface area is 153 Å². The third-order valence-corrected chi connectivity index (χ3v) is 4.02. The van der Waals surface area contributed by atoms with Crippen LogP contribution >= 0.6 is 0 Å². The summed E-state index contributed by atoms with van der Waals surface area (Å²) in [6.07, 6.45) is 0. The number of aryl methyl sites for hydroxylation is 1. The van der Waals surface area contributed by atoms with Crippen LogP contribution in [-0.2, 0) is 6.61 Å². The van der Waals surface area contributed by atoms with Crippen molar-refractivity contribution >= 4 is 11.6 Å². The van der Waals surface area contributed by atoms with Gasteiger partial charge in [0.2, 0.25) is 0 Å². The van der Waals surface area contributed by atoms with Crippen LogP contribution < -0.4 is 14.8 Å². The molecule has 132 valence electrons. The summed E-state index contributed by atoms with van der Waals surface area (Å²) in [6, 6.07) is 22.7. The van der Waals surface area contributed by atoms with Gasteiger partial charge >= 0.3 is 0 Å². The van der Waals surface area contributed by atoms with Crippen molar-refractivity contribution in [1.82, 2.24) is 0 Å². The maximum Gasteiger partial charge on any atom is 0.255 e. The lowest BCUT2D eigenvalue weighted by molar-refractivity contribution is 0.102. The molecule has 1 N–H and O–H groups in total. The van der Waals surface area contributed by atoms with Gasteiger partial charge < -0.3 is 14.8 Å². The Bertz CT molecular complexity index is 874. The fourth-order valence-electron chi connectivity index (χ4n) is 2.60. The number of benzene rings is 3. The number of carbonyl (C=O) groups is 1. The van der Waals surface area contributed by atoms with Gasteiger partial charge in [-0.1, -0.05) is 30.3 Å². The quantitative estimate of drug-likeness (QED) is 0.694. The number of hydrogen-bond acceptors (Lipinski definition) is 3. The van der Waals surface area contributed by atoms with Crippen molar-refractivity contribution < 1.29 is 14.3 Å². The largest absolute Gasteiger partial charge is 0.496 e. The van der Waals surface area contributed by atoms with Gasteiger partial charge in [-0.2, -0.15) is 0 Å². The van der Waals surface area contributed by atoms with Crippen molar-refractivity contribution in [3.63, 3.8) is 0 Å². The van der Waals surface area contributed by atoms with Gasteiger partial charge in [-0.15, -0.1) is 0 Å². The maximum atomic E-state index is 12.4. The number of rotatable bonds is 6. The number of carbonyl (C=O) groups excluding carboxylic acids is 1. The molecule has 0 unspecified atom stereocenters. The molecule has 0 saturated heterocycles. The van der Waals surface area contributed by atoms with Gasteiger partial charge in [0.15, 0.2) is 0 Å². The zero-order valence-electron chi connectivity index (χ0n) is 14.9. The van der Waals surface area contributed by atoms with E-state index in [2.05, 4.69) is 5.32 Å². The normalized spacial score (nSPS) is 10.2. The Kier molecular flexibility index (Phi) is 5.54. The van der Waals surface area contributed by atoms with E-state index in [9.17, 15) is 4.79 Å². The van der Waals surface area contributed by atoms with Crippen LogP contribution in [0.5, 0.6) is 11.5 Å². The SMILES string of the molecule is COc1ccc(C(=O)Nc2ccc(OCc3ccccc3)cc2)cc1C. The molecule has 26 heavy (non-hydrogen) atoms. The van der Waals surface area contributed by atoms with Gasteiger partial charge in [0.1, 0.15) is 18.1 Å². The molecule has 4 nitrogen and oxygen atoms in total. The number of amides is 1. The third kappa shape index (κ3) is 4.42. The van der Waals surface area contributed by atoms with Gasteiger partial charge in [-0.25, -0.2) is 0 Å². The summed E-state index contributed by atoms with van der Waals surface area (Å²) >= 11 is 0. The van der Waals surface area contributed by atoms with E-state index >= 15 is 0 Å². The molecule has 0 saturated carbocycles. The van der Waals surface area contributed by atoms with Crippen molar-refractivity contribution in [2.24, 2.45) is 0 Å². The molecule has 0 aliphatic rings. The van der Waals surface area contributed by atoms with Crippen LogP contribution in [0.25, 0.3) is 0 Å². The summed E-state index contributed by atoms with van der Waals surface area (Å²) in [4.78, 5) is 12.4. The first-order valence-corrected chi connectivity index (χ1v) is 8.38. The van der Waals surface area contributed by atoms with E-state index in [1.54, 1.807) is 19.2 Å². The molecule has 3 aromatic carbocycles. The van der Waals surface area contributed by atoms with Gasteiger partial charge in [0, 0.05) is 11.3 Å². The highest BCUT2D eigenvalue weighted by atomic mass is 16.5. The highest BCUT2D eigenvalue weighted by Gasteiger charge is 2.08. The molecular weight excluding hydrogens is 326 g/mol. The molecule has 0 aromatic heterocycles. The molecule has 3 aromatic rings. The number of ether oxygens (including phenoxy) is 2. The van der Waals surface area contributed by atoms with E-state index in [1.165, 1.54) is 0 Å². The summed E-state index contributed by atoms with van der Waals surface area (Å²) in [5.41, 5.74) is 3.34. The lowest BCUT2D eigenvalue weighted by atomic mass is 10.1. The van der Waals surface area contributed by atoms with Crippen LogP contribution in [0.4, 0.5) is 5.69 Å². The number of methoxy groups -OCH3 is 1. The van der Waals surface area contributed by atoms with Crippen molar-refractivity contribution in [3.8, 4) is 11.5 Å². The maximum absolute atomic E-state index is 12.4. The molecule has 0 spiro atoms.